The number of hydrogen-bond acceptors (Lipinski definition) is 5. The van der Waals surface area contributed by atoms with Gasteiger partial charge in [0.2, 0.25) is 0 Å². The predicted octanol–water partition coefficient (Wildman–Crippen LogP) is 0.477. The van der Waals surface area contributed by atoms with Crippen molar-refractivity contribution in [3.8, 4) is 0 Å². The fraction of sp³-hybridized carbons (Fsp3) is 0.615. The van der Waals surface area contributed by atoms with Crippen molar-refractivity contribution in [2.75, 3.05) is 19.7 Å². The van der Waals surface area contributed by atoms with Crippen LogP contribution in [-0.4, -0.2) is 35.6 Å². The van der Waals surface area contributed by atoms with E-state index < -0.39 is 5.91 Å². The third kappa shape index (κ3) is 3.79. The number of nitrogens with two attached hydrogens (primary N) is 1. The Morgan fingerprint density at radius 2 is 2.42 bits per heavy atom. The highest BCUT2D eigenvalue weighted by Crippen LogP contribution is 2.21. The molecule has 0 saturated carbocycles. The number of furan rings is 1. The molecule has 2 rings (SSSR count). The molecule has 0 spiro atoms. The number of nitrogens with zero attached hydrogens (tertiary/aromatic N) is 1. The van der Waals surface area contributed by atoms with Crippen LogP contribution >= 0.6 is 0 Å². The van der Waals surface area contributed by atoms with Crippen molar-refractivity contribution in [2.24, 2.45) is 11.8 Å². The van der Waals surface area contributed by atoms with Gasteiger partial charge in [0.25, 0.3) is 0 Å². The zero-order valence-electron chi connectivity index (χ0n) is 11.0. The molecule has 0 aromatic carbocycles. The van der Waals surface area contributed by atoms with Gasteiger partial charge in [0.05, 0.1) is 6.54 Å². The first-order valence-electron chi connectivity index (χ1n) is 6.65. The largest absolute Gasteiger partial charge is 0.455 e. The molecule has 6 heteroatoms. The SMILES string of the molecule is NNC(=O)c1ccc(CN2CCCC(CCO)C2)o1. The van der Waals surface area contributed by atoms with Crippen molar-refractivity contribution in [1.82, 2.24) is 10.3 Å². The molecule has 19 heavy (non-hydrogen) atoms. The summed E-state index contributed by atoms with van der Waals surface area (Å²) in [6, 6.07) is 3.44. The fourth-order valence-corrected chi connectivity index (χ4v) is 2.59. The average molecular weight is 267 g/mol. The second kappa shape index (κ2) is 6.70. The second-order valence-corrected chi connectivity index (χ2v) is 5.00. The van der Waals surface area contributed by atoms with Gasteiger partial charge >= 0.3 is 5.91 Å². The highest BCUT2D eigenvalue weighted by molar-refractivity contribution is 5.90. The van der Waals surface area contributed by atoms with E-state index in [-0.39, 0.29) is 12.4 Å². The predicted molar refractivity (Wildman–Crippen MR) is 70.1 cm³/mol. The van der Waals surface area contributed by atoms with Gasteiger partial charge < -0.3 is 9.52 Å². The van der Waals surface area contributed by atoms with Crippen LogP contribution in [-0.2, 0) is 6.54 Å². The molecule has 1 aromatic rings. The van der Waals surface area contributed by atoms with Crippen LogP contribution in [0.2, 0.25) is 0 Å². The van der Waals surface area contributed by atoms with Crippen LogP contribution in [0.3, 0.4) is 0 Å². The molecule has 6 nitrogen and oxygen atoms in total. The second-order valence-electron chi connectivity index (χ2n) is 5.00. The summed E-state index contributed by atoms with van der Waals surface area (Å²) >= 11 is 0. The Morgan fingerprint density at radius 1 is 1.58 bits per heavy atom. The Morgan fingerprint density at radius 3 is 3.16 bits per heavy atom. The van der Waals surface area contributed by atoms with Gasteiger partial charge in [0.15, 0.2) is 5.76 Å². The zero-order chi connectivity index (χ0) is 13.7. The highest BCUT2D eigenvalue weighted by atomic mass is 16.4. The van der Waals surface area contributed by atoms with Crippen LogP contribution in [0.1, 0.15) is 35.6 Å². The maximum absolute atomic E-state index is 11.3. The number of hydrazine groups is 1. The molecule has 1 aliphatic rings. The van der Waals surface area contributed by atoms with Crippen molar-refractivity contribution < 1.29 is 14.3 Å². The summed E-state index contributed by atoms with van der Waals surface area (Å²) in [5, 5.41) is 8.99. The zero-order valence-corrected chi connectivity index (χ0v) is 11.0. The molecular formula is C13H21N3O3. The van der Waals surface area contributed by atoms with Crippen LogP contribution < -0.4 is 11.3 Å². The molecule has 0 radical (unpaired) electrons. The van der Waals surface area contributed by atoms with E-state index in [1.807, 2.05) is 5.43 Å². The monoisotopic (exact) mass is 267 g/mol. The molecule has 0 aliphatic carbocycles. The van der Waals surface area contributed by atoms with Gasteiger partial charge in [-0.2, -0.15) is 0 Å². The van der Waals surface area contributed by atoms with Crippen LogP contribution in [0.25, 0.3) is 0 Å². The van der Waals surface area contributed by atoms with Gasteiger partial charge in [0, 0.05) is 13.2 Å². The molecule has 1 saturated heterocycles. The van der Waals surface area contributed by atoms with Gasteiger partial charge in [-0.05, 0) is 43.9 Å². The van der Waals surface area contributed by atoms with E-state index in [0.29, 0.717) is 12.5 Å². The lowest BCUT2D eigenvalue weighted by Crippen LogP contribution is -2.35. The minimum Gasteiger partial charge on any atom is -0.455 e. The van der Waals surface area contributed by atoms with Crippen LogP contribution in [0.15, 0.2) is 16.5 Å². The van der Waals surface area contributed by atoms with Gasteiger partial charge in [-0.25, -0.2) is 5.84 Å². The van der Waals surface area contributed by atoms with Crippen molar-refractivity contribution in [1.29, 1.82) is 0 Å². The van der Waals surface area contributed by atoms with Crippen LogP contribution in [0.4, 0.5) is 0 Å². The van der Waals surface area contributed by atoms with Gasteiger partial charge in [-0.1, -0.05) is 0 Å². The number of piperidine rings is 1. The molecule has 1 amide bonds. The average Bonchev–Trinajstić information content (AvgIpc) is 2.87. The summed E-state index contributed by atoms with van der Waals surface area (Å²) in [5.74, 6) is 6.20. The summed E-state index contributed by atoms with van der Waals surface area (Å²) in [7, 11) is 0. The lowest BCUT2D eigenvalue weighted by Gasteiger charge is -2.31. The smallest absolute Gasteiger partial charge is 0.300 e. The molecule has 1 atom stereocenters. The third-order valence-electron chi connectivity index (χ3n) is 3.54. The van der Waals surface area contributed by atoms with E-state index in [1.165, 1.54) is 6.42 Å². The number of rotatable bonds is 5. The molecular weight excluding hydrogens is 246 g/mol. The first kappa shape index (κ1) is 14.0. The van der Waals surface area contributed by atoms with E-state index >= 15 is 0 Å². The maximum Gasteiger partial charge on any atom is 0.300 e. The number of aliphatic hydroxyl groups excluding tert-OH is 1. The van der Waals surface area contributed by atoms with E-state index in [2.05, 4.69) is 4.90 Å². The van der Waals surface area contributed by atoms with Crippen LogP contribution in [0.5, 0.6) is 0 Å². The highest BCUT2D eigenvalue weighted by Gasteiger charge is 2.20. The van der Waals surface area contributed by atoms with Crippen molar-refractivity contribution in [3.05, 3.63) is 23.7 Å². The molecule has 1 aliphatic heterocycles. The van der Waals surface area contributed by atoms with E-state index in [0.717, 1.165) is 31.7 Å². The molecule has 1 aromatic heterocycles. The summed E-state index contributed by atoms with van der Waals surface area (Å²) in [4.78, 5) is 13.6. The Balaban J connectivity index is 1.89. The van der Waals surface area contributed by atoms with E-state index in [4.69, 9.17) is 15.4 Å². The summed E-state index contributed by atoms with van der Waals surface area (Å²) in [6.07, 6.45) is 3.17. The summed E-state index contributed by atoms with van der Waals surface area (Å²) < 4.78 is 5.45. The molecule has 0 bridgehead atoms. The van der Waals surface area contributed by atoms with Gasteiger partial charge in [-0.3, -0.25) is 15.1 Å². The topological polar surface area (TPSA) is 91.7 Å². The van der Waals surface area contributed by atoms with Crippen molar-refractivity contribution in [3.63, 3.8) is 0 Å². The molecule has 106 valence electrons. The van der Waals surface area contributed by atoms with Gasteiger partial charge in [0.1, 0.15) is 5.76 Å². The van der Waals surface area contributed by atoms with Crippen molar-refractivity contribution in [2.45, 2.75) is 25.8 Å². The number of nitrogens with one attached hydrogen (secondary N) is 1. The number of carbonyl (C=O) groups is 1. The fourth-order valence-electron chi connectivity index (χ4n) is 2.59. The van der Waals surface area contributed by atoms with Crippen molar-refractivity contribution >= 4 is 5.91 Å². The van der Waals surface area contributed by atoms with Crippen LogP contribution in [0, 0.1) is 5.92 Å². The normalized spacial score (nSPS) is 20.4. The Hall–Kier alpha value is -1.37. The number of amides is 1. The summed E-state index contributed by atoms with van der Waals surface area (Å²) in [6.45, 7) is 2.95. The third-order valence-corrected chi connectivity index (χ3v) is 3.54. The summed E-state index contributed by atoms with van der Waals surface area (Å²) in [5.41, 5.74) is 2.05. The Bertz CT molecular complexity index is 417. The number of nitrogen functional groups attached to an aromatic ring is 1. The van der Waals surface area contributed by atoms with E-state index in [9.17, 15) is 4.79 Å². The minimum absolute atomic E-state index is 0.237. The van der Waals surface area contributed by atoms with E-state index in [1.54, 1.807) is 12.1 Å². The van der Waals surface area contributed by atoms with Gasteiger partial charge in [-0.15, -0.1) is 0 Å². The quantitative estimate of drug-likeness (QED) is 0.410. The standard InChI is InChI=1S/C13H21N3O3/c14-15-13(18)12-4-3-11(19-12)9-16-6-1-2-10(8-16)5-7-17/h3-4,10,17H,1-2,5-9,14H2,(H,15,18). The number of likely N-dealkylation sites (tertiary alicyclic amines) is 1. The molecule has 1 unspecified atom stereocenters. The number of hydrogen-bond donors (Lipinski definition) is 3. The number of carbonyl (C=O) groups excluding carboxylic acids is 1. The molecule has 4 N–H and O–H groups in total. The molecule has 2 heterocycles. The maximum atomic E-state index is 11.3. The first-order chi connectivity index (χ1) is 9.22. The molecule has 1 fully saturated rings. The Labute approximate surface area is 112 Å². The lowest BCUT2D eigenvalue weighted by atomic mass is 9.95. The Kier molecular flexibility index (Phi) is 4.95. The minimum atomic E-state index is -0.414. The first-order valence-corrected chi connectivity index (χ1v) is 6.65. The lowest BCUT2D eigenvalue weighted by molar-refractivity contribution is 0.0918. The number of aliphatic hydroxyl groups is 1.